The zero-order chi connectivity index (χ0) is 23.6. The smallest absolute Gasteiger partial charge is 0.220 e. The van der Waals surface area contributed by atoms with E-state index in [4.69, 9.17) is 23.2 Å². The Bertz CT molecular complexity index is 1070. The Morgan fingerprint density at radius 2 is 1.88 bits per heavy atom. The number of nitrogens with one attached hydrogen (secondary N) is 1. The number of halogens is 2. The molecule has 176 valence electrons. The first kappa shape index (κ1) is 25.6. The molecule has 0 radical (unpaired) electrons. The van der Waals surface area contributed by atoms with Crippen molar-refractivity contribution >= 4 is 40.9 Å². The second-order valence-corrected chi connectivity index (χ2v) is 9.83. The summed E-state index contributed by atoms with van der Waals surface area (Å²) in [5.41, 5.74) is 3.16. The first-order valence-electron chi connectivity index (χ1n) is 11.3. The molecule has 1 heterocycles. The Kier molecular flexibility index (Phi) is 10.1. The lowest BCUT2D eigenvalue weighted by molar-refractivity contribution is -0.121. The zero-order valence-corrected chi connectivity index (χ0v) is 21.4. The molecule has 2 aromatic carbocycles. The summed E-state index contributed by atoms with van der Waals surface area (Å²) in [4.78, 5) is 12.3. The maximum Gasteiger partial charge on any atom is 0.220 e. The number of benzene rings is 2. The largest absolute Gasteiger partial charge is 0.349 e. The highest BCUT2D eigenvalue weighted by Gasteiger charge is 2.18. The molecular formula is C25H30Cl2N4OS. The Hall–Kier alpha value is -2.02. The SMILES string of the molecule is CCCCCCCC(=O)NCc1nnc(SCc2cccc(C)c2)n1-c1ccc(Cl)cc1Cl. The minimum absolute atomic E-state index is 0.0252. The van der Waals surface area contributed by atoms with Crippen molar-refractivity contribution in [2.75, 3.05) is 0 Å². The summed E-state index contributed by atoms with van der Waals surface area (Å²) < 4.78 is 1.90. The number of hydrogen-bond donors (Lipinski definition) is 1. The number of unbranched alkanes of at least 4 members (excludes halogenated alkanes) is 4. The number of nitrogens with zero attached hydrogens (tertiary/aromatic N) is 3. The van der Waals surface area contributed by atoms with Gasteiger partial charge in [-0.1, -0.05) is 97.4 Å². The van der Waals surface area contributed by atoms with Crippen molar-refractivity contribution in [3.05, 3.63) is 69.5 Å². The molecule has 0 fully saturated rings. The van der Waals surface area contributed by atoms with Crippen LogP contribution in [-0.4, -0.2) is 20.7 Å². The van der Waals surface area contributed by atoms with Crippen molar-refractivity contribution in [3.8, 4) is 5.69 Å². The number of hydrogen-bond acceptors (Lipinski definition) is 4. The van der Waals surface area contributed by atoms with Crippen LogP contribution in [0, 0.1) is 6.92 Å². The number of carbonyl (C=O) groups is 1. The molecule has 0 aliphatic heterocycles. The van der Waals surface area contributed by atoms with Gasteiger partial charge in [0.1, 0.15) is 0 Å². The van der Waals surface area contributed by atoms with Gasteiger partial charge in [0, 0.05) is 17.2 Å². The third kappa shape index (κ3) is 7.76. The van der Waals surface area contributed by atoms with Crippen molar-refractivity contribution in [2.24, 2.45) is 0 Å². The molecule has 1 amide bonds. The normalized spacial score (nSPS) is 11.0. The molecule has 0 spiro atoms. The first-order valence-corrected chi connectivity index (χ1v) is 13.1. The van der Waals surface area contributed by atoms with E-state index in [1.54, 1.807) is 23.9 Å². The number of rotatable bonds is 12. The van der Waals surface area contributed by atoms with Gasteiger partial charge in [-0.3, -0.25) is 9.36 Å². The van der Waals surface area contributed by atoms with Gasteiger partial charge < -0.3 is 5.32 Å². The van der Waals surface area contributed by atoms with Gasteiger partial charge in [-0.05, 0) is 37.1 Å². The zero-order valence-electron chi connectivity index (χ0n) is 19.1. The van der Waals surface area contributed by atoms with Crippen LogP contribution in [0.2, 0.25) is 10.0 Å². The molecule has 0 saturated carbocycles. The van der Waals surface area contributed by atoms with Crippen LogP contribution in [0.1, 0.15) is 62.4 Å². The number of aromatic nitrogens is 3. The third-order valence-electron chi connectivity index (χ3n) is 5.25. The molecule has 1 aromatic heterocycles. The van der Waals surface area contributed by atoms with Crippen LogP contribution in [0.3, 0.4) is 0 Å². The fourth-order valence-electron chi connectivity index (χ4n) is 3.52. The molecule has 33 heavy (non-hydrogen) atoms. The minimum Gasteiger partial charge on any atom is -0.349 e. The maximum absolute atomic E-state index is 12.3. The Morgan fingerprint density at radius 1 is 1.06 bits per heavy atom. The number of amides is 1. The van der Waals surface area contributed by atoms with Gasteiger partial charge in [0.2, 0.25) is 5.91 Å². The maximum atomic E-state index is 12.3. The molecule has 0 saturated heterocycles. The van der Waals surface area contributed by atoms with Crippen LogP contribution in [0.15, 0.2) is 47.6 Å². The van der Waals surface area contributed by atoms with Crippen LogP contribution in [0.25, 0.3) is 5.69 Å². The lowest BCUT2D eigenvalue weighted by Crippen LogP contribution is -2.24. The summed E-state index contributed by atoms with van der Waals surface area (Å²) in [6.07, 6.45) is 6.09. The van der Waals surface area contributed by atoms with E-state index < -0.39 is 0 Å². The summed E-state index contributed by atoms with van der Waals surface area (Å²) in [6.45, 7) is 4.54. The van der Waals surface area contributed by atoms with Crippen molar-refractivity contribution in [1.82, 2.24) is 20.1 Å². The molecule has 3 rings (SSSR count). The average molecular weight is 506 g/mol. The highest BCUT2D eigenvalue weighted by molar-refractivity contribution is 7.98. The topological polar surface area (TPSA) is 59.8 Å². The van der Waals surface area contributed by atoms with E-state index in [-0.39, 0.29) is 12.5 Å². The molecule has 0 atom stereocenters. The number of thioether (sulfide) groups is 1. The van der Waals surface area contributed by atoms with Gasteiger partial charge in [-0.2, -0.15) is 0 Å². The molecule has 5 nitrogen and oxygen atoms in total. The number of carbonyl (C=O) groups excluding carboxylic acids is 1. The van der Waals surface area contributed by atoms with E-state index in [0.29, 0.717) is 27.4 Å². The summed E-state index contributed by atoms with van der Waals surface area (Å²) in [7, 11) is 0. The van der Waals surface area contributed by atoms with Crippen LogP contribution < -0.4 is 5.32 Å². The van der Waals surface area contributed by atoms with E-state index in [1.165, 1.54) is 30.4 Å². The minimum atomic E-state index is 0.0252. The van der Waals surface area contributed by atoms with Gasteiger partial charge in [-0.15, -0.1) is 10.2 Å². The lowest BCUT2D eigenvalue weighted by Gasteiger charge is -2.13. The highest BCUT2D eigenvalue weighted by Crippen LogP contribution is 2.30. The summed E-state index contributed by atoms with van der Waals surface area (Å²) in [5, 5.41) is 13.5. The molecular weight excluding hydrogens is 475 g/mol. The van der Waals surface area contributed by atoms with Crippen molar-refractivity contribution in [3.63, 3.8) is 0 Å². The van der Waals surface area contributed by atoms with Gasteiger partial charge in [0.15, 0.2) is 11.0 Å². The van der Waals surface area contributed by atoms with Crippen LogP contribution >= 0.6 is 35.0 Å². The van der Waals surface area contributed by atoms with Gasteiger partial charge in [0.05, 0.1) is 17.3 Å². The lowest BCUT2D eigenvalue weighted by atomic mass is 10.1. The van der Waals surface area contributed by atoms with E-state index >= 15 is 0 Å². The number of aryl methyl sites for hydroxylation is 1. The molecule has 0 bridgehead atoms. The van der Waals surface area contributed by atoms with E-state index in [1.807, 2.05) is 10.6 Å². The fourth-order valence-corrected chi connectivity index (χ4v) is 4.92. The Labute approximate surface area is 210 Å². The van der Waals surface area contributed by atoms with Crippen molar-refractivity contribution < 1.29 is 4.79 Å². The molecule has 0 unspecified atom stereocenters. The van der Waals surface area contributed by atoms with Crippen LogP contribution in [-0.2, 0) is 17.1 Å². The average Bonchev–Trinajstić information content (AvgIpc) is 3.19. The standard InChI is InChI=1S/C25H30Cl2N4OS/c1-3-4-5-6-7-11-24(32)28-16-23-29-30-25(33-17-19-10-8-9-18(2)14-19)31(23)22-13-12-20(26)15-21(22)27/h8-10,12-15H,3-7,11,16-17H2,1-2H3,(H,28,32). The Balaban J connectivity index is 1.73. The molecule has 3 aromatic rings. The first-order chi connectivity index (χ1) is 16.0. The van der Waals surface area contributed by atoms with E-state index in [2.05, 4.69) is 53.6 Å². The van der Waals surface area contributed by atoms with Crippen molar-refractivity contribution in [1.29, 1.82) is 0 Å². The van der Waals surface area contributed by atoms with Crippen LogP contribution in [0.5, 0.6) is 0 Å². The van der Waals surface area contributed by atoms with Gasteiger partial charge >= 0.3 is 0 Å². The van der Waals surface area contributed by atoms with Gasteiger partial charge in [0.25, 0.3) is 0 Å². The fraction of sp³-hybridized carbons (Fsp3) is 0.400. The predicted molar refractivity (Wildman–Crippen MR) is 137 cm³/mol. The predicted octanol–water partition coefficient (Wildman–Crippen LogP) is 7.15. The van der Waals surface area contributed by atoms with Crippen molar-refractivity contribution in [2.45, 2.75) is 69.8 Å². The van der Waals surface area contributed by atoms with Gasteiger partial charge in [-0.25, -0.2) is 0 Å². The second kappa shape index (κ2) is 13.0. The van der Waals surface area contributed by atoms with E-state index in [9.17, 15) is 4.79 Å². The third-order valence-corrected chi connectivity index (χ3v) is 6.79. The molecule has 0 aliphatic rings. The Morgan fingerprint density at radius 3 is 2.64 bits per heavy atom. The monoisotopic (exact) mass is 504 g/mol. The summed E-state index contributed by atoms with van der Waals surface area (Å²) >= 11 is 14.2. The second-order valence-electron chi connectivity index (χ2n) is 8.05. The summed E-state index contributed by atoms with van der Waals surface area (Å²) in [5.74, 6) is 1.40. The molecule has 0 aliphatic carbocycles. The highest BCUT2D eigenvalue weighted by atomic mass is 35.5. The summed E-state index contributed by atoms with van der Waals surface area (Å²) in [6, 6.07) is 13.7. The molecule has 1 N–H and O–H groups in total. The van der Waals surface area contributed by atoms with E-state index in [0.717, 1.165) is 24.3 Å². The quantitative estimate of drug-likeness (QED) is 0.210. The van der Waals surface area contributed by atoms with Crippen LogP contribution in [0.4, 0.5) is 0 Å². The molecule has 8 heteroatoms.